The van der Waals surface area contributed by atoms with Gasteiger partial charge >= 0.3 is 0 Å². The molecule has 2 atom stereocenters. The number of benzene rings is 1. The van der Waals surface area contributed by atoms with Gasteiger partial charge in [0, 0.05) is 12.0 Å². The van der Waals surface area contributed by atoms with Gasteiger partial charge in [0.05, 0.1) is 6.61 Å². The van der Waals surface area contributed by atoms with Crippen molar-refractivity contribution in [3.63, 3.8) is 0 Å². The Morgan fingerprint density at radius 3 is 2.75 bits per heavy atom. The average molecular weight is 273 g/mol. The van der Waals surface area contributed by atoms with E-state index in [1.165, 1.54) is 37.7 Å². The van der Waals surface area contributed by atoms with Crippen molar-refractivity contribution in [1.82, 2.24) is 5.32 Å². The first kappa shape index (κ1) is 13.9. The van der Waals surface area contributed by atoms with Crippen molar-refractivity contribution >= 4 is 0 Å². The Kier molecular flexibility index (Phi) is 4.62. The summed E-state index contributed by atoms with van der Waals surface area (Å²) in [7, 11) is 0. The van der Waals surface area contributed by atoms with Crippen LogP contribution in [0.1, 0.15) is 56.9 Å². The highest BCUT2D eigenvalue weighted by Crippen LogP contribution is 2.40. The van der Waals surface area contributed by atoms with Gasteiger partial charge in [0.25, 0.3) is 0 Å². The van der Waals surface area contributed by atoms with Gasteiger partial charge in [-0.05, 0) is 43.4 Å². The molecule has 0 saturated heterocycles. The normalized spacial score (nSPS) is 24.8. The van der Waals surface area contributed by atoms with Crippen molar-refractivity contribution in [2.24, 2.45) is 5.92 Å². The number of fused-ring (bicyclic) bond motifs is 1. The molecular weight excluding hydrogens is 246 g/mol. The number of para-hydroxylation sites is 1. The highest BCUT2D eigenvalue weighted by atomic mass is 16.5. The molecule has 0 radical (unpaired) electrons. The third-order valence-electron chi connectivity index (χ3n) is 5.04. The quantitative estimate of drug-likeness (QED) is 0.891. The van der Waals surface area contributed by atoms with E-state index < -0.39 is 0 Å². The SMILES string of the molecule is CCNC(C1CCCCC1)C1CCOc2ccccc21. The first-order valence-electron chi connectivity index (χ1n) is 8.35. The predicted molar refractivity (Wildman–Crippen MR) is 83.3 cm³/mol. The Morgan fingerprint density at radius 2 is 1.95 bits per heavy atom. The van der Waals surface area contributed by atoms with Crippen LogP contribution in [0.25, 0.3) is 0 Å². The van der Waals surface area contributed by atoms with E-state index in [-0.39, 0.29) is 0 Å². The van der Waals surface area contributed by atoms with E-state index in [2.05, 4.69) is 36.5 Å². The summed E-state index contributed by atoms with van der Waals surface area (Å²) >= 11 is 0. The molecule has 1 aliphatic heterocycles. The fourth-order valence-electron chi connectivity index (χ4n) is 4.11. The van der Waals surface area contributed by atoms with Gasteiger partial charge in [0.2, 0.25) is 0 Å². The smallest absolute Gasteiger partial charge is 0.122 e. The van der Waals surface area contributed by atoms with E-state index in [1.807, 2.05) is 0 Å². The summed E-state index contributed by atoms with van der Waals surface area (Å²) in [6.07, 6.45) is 8.22. The average Bonchev–Trinajstić information content (AvgIpc) is 2.53. The number of ether oxygens (including phenoxy) is 1. The monoisotopic (exact) mass is 273 g/mol. The Hall–Kier alpha value is -1.02. The minimum Gasteiger partial charge on any atom is -0.493 e. The molecule has 0 aromatic heterocycles. The van der Waals surface area contributed by atoms with Gasteiger partial charge < -0.3 is 10.1 Å². The van der Waals surface area contributed by atoms with Crippen molar-refractivity contribution < 1.29 is 4.74 Å². The van der Waals surface area contributed by atoms with Crippen LogP contribution in [-0.4, -0.2) is 19.2 Å². The summed E-state index contributed by atoms with van der Waals surface area (Å²) in [4.78, 5) is 0. The fraction of sp³-hybridized carbons (Fsp3) is 0.667. The molecule has 3 rings (SSSR count). The molecule has 2 aliphatic rings. The number of hydrogen-bond donors (Lipinski definition) is 1. The zero-order chi connectivity index (χ0) is 13.8. The summed E-state index contributed by atoms with van der Waals surface area (Å²) in [6.45, 7) is 4.18. The Balaban J connectivity index is 1.84. The summed E-state index contributed by atoms with van der Waals surface area (Å²) in [5, 5.41) is 3.81. The highest BCUT2D eigenvalue weighted by Gasteiger charge is 2.33. The lowest BCUT2D eigenvalue weighted by atomic mass is 9.74. The van der Waals surface area contributed by atoms with Crippen molar-refractivity contribution in [1.29, 1.82) is 0 Å². The first-order valence-corrected chi connectivity index (χ1v) is 8.35. The molecule has 1 fully saturated rings. The van der Waals surface area contributed by atoms with E-state index in [9.17, 15) is 0 Å². The Bertz CT molecular complexity index is 425. The second-order valence-electron chi connectivity index (χ2n) is 6.26. The van der Waals surface area contributed by atoms with Crippen molar-refractivity contribution in [3.8, 4) is 5.75 Å². The predicted octanol–water partition coefficient (Wildman–Crippen LogP) is 4.11. The molecule has 0 bridgehead atoms. The van der Waals surface area contributed by atoms with Crippen LogP contribution in [0.5, 0.6) is 5.75 Å². The number of hydrogen-bond acceptors (Lipinski definition) is 2. The van der Waals surface area contributed by atoms with Crippen LogP contribution >= 0.6 is 0 Å². The topological polar surface area (TPSA) is 21.3 Å². The maximum atomic E-state index is 5.84. The molecule has 110 valence electrons. The zero-order valence-electron chi connectivity index (χ0n) is 12.6. The minimum atomic E-state index is 0.628. The first-order chi connectivity index (χ1) is 9.90. The van der Waals surface area contributed by atoms with Gasteiger partial charge in [-0.2, -0.15) is 0 Å². The Labute approximate surface area is 122 Å². The van der Waals surface area contributed by atoms with Gasteiger partial charge in [0.1, 0.15) is 5.75 Å². The summed E-state index contributed by atoms with van der Waals surface area (Å²) in [5.74, 6) is 2.59. The van der Waals surface area contributed by atoms with Crippen molar-refractivity contribution in [2.45, 2.75) is 57.4 Å². The summed E-state index contributed by atoms with van der Waals surface area (Å²) in [6, 6.07) is 9.27. The molecule has 1 N–H and O–H groups in total. The molecule has 1 aromatic carbocycles. The van der Waals surface area contributed by atoms with Gasteiger partial charge in [-0.1, -0.05) is 44.4 Å². The third kappa shape index (κ3) is 2.85. The molecule has 0 spiro atoms. The van der Waals surface area contributed by atoms with Crippen LogP contribution in [0.15, 0.2) is 24.3 Å². The van der Waals surface area contributed by atoms with Gasteiger partial charge in [-0.3, -0.25) is 0 Å². The van der Waals surface area contributed by atoms with E-state index in [4.69, 9.17) is 4.74 Å². The number of nitrogens with one attached hydrogen (secondary N) is 1. The molecule has 2 unspecified atom stereocenters. The standard InChI is InChI=1S/C18H27NO/c1-2-19-18(14-8-4-3-5-9-14)16-12-13-20-17-11-7-6-10-15(16)17/h6-7,10-11,14,16,18-19H,2-5,8-9,12-13H2,1H3. The van der Waals surface area contributed by atoms with Crippen LogP contribution in [0.4, 0.5) is 0 Å². The van der Waals surface area contributed by atoms with E-state index in [0.29, 0.717) is 12.0 Å². The molecule has 0 amide bonds. The number of rotatable bonds is 4. The highest BCUT2D eigenvalue weighted by molar-refractivity contribution is 5.38. The maximum Gasteiger partial charge on any atom is 0.122 e. The fourth-order valence-corrected chi connectivity index (χ4v) is 4.11. The maximum absolute atomic E-state index is 5.84. The molecule has 1 aliphatic carbocycles. The summed E-state index contributed by atoms with van der Waals surface area (Å²) in [5.41, 5.74) is 1.43. The molecule has 2 heteroatoms. The van der Waals surface area contributed by atoms with Crippen LogP contribution in [0.3, 0.4) is 0 Å². The molecule has 1 heterocycles. The lowest BCUT2D eigenvalue weighted by Gasteiger charge is -2.39. The second-order valence-corrected chi connectivity index (χ2v) is 6.26. The molecule has 1 aromatic rings. The van der Waals surface area contributed by atoms with Gasteiger partial charge in [-0.25, -0.2) is 0 Å². The van der Waals surface area contributed by atoms with Crippen LogP contribution < -0.4 is 10.1 Å². The number of likely N-dealkylation sites (N-methyl/N-ethyl adjacent to an activating group) is 1. The molecule has 2 nitrogen and oxygen atoms in total. The molecule has 20 heavy (non-hydrogen) atoms. The molecule has 1 saturated carbocycles. The van der Waals surface area contributed by atoms with E-state index >= 15 is 0 Å². The minimum absolute atomic E-state index is 0.628. The Morgan fingerprint density at radius 1 is 1.15 bits per heavy atom. The van der Waals surface area contributed by atoms with Crippen molar-refractivity contribution in [3.05, 3.63) is 29.8 Å². The zero-order valence-corrected chi connectivity index (χ0v) is 12.6. The largest absolute Gasteiger partial charge is 0.493 e. The van der Waals surface area contributed by atoms with Crippen molar-refractivity contribution in [2.75, 3.05) is 13.2 Å². The van der Waals surface area contributed by atoms with Gasteiger partial charge in [-0.15, -0.1) is 0 Å². The summed E-state index contributed by atoms with van der Waals surface area (Å²) < 4.78 is 5.84. The van der Waals surface area contributed by atoms with E-state index in [0.717, 1.165) is 31.2 Å². The molecular formula is C18H27NO. The lowest BCUT2D eigenvalue weighted by Crippen LogP contribution is -2.43. The lowest BCUT2D eigenvalue weighted by molar-refractivity contribution is 0.193. The second kappa shape index (κ2) is 6.62. The third-order valence-corrected chi connectivity index (χ3v) is 5.04. The van der Waals surface area contributed by atoms with E-state index in [1.54, 1.807) is 0 Å². The van der Waals surface area contributed by atoms with Crippen LogP contribution in [0.2, 0.25) is 0 Å². The van der Waals surface area contributed by atoms with Gasteiger partial charge in [0.15, 0.2) is 0 Å². The van der Waals surface area contributed by atoms with Crippen LogP contribution in [-0.2, 0) is 0 Å². The van der Waals surface area contributed by atoms with Crippen LogP contribution in [0, 0.1) is 5.92 Å².